The summed E-state index contributed by atoms with van der Waals surface area (Å²) < 4.78 is 13.0. The monoisotopic (exact) mass is 396 g/mol. The number of thiophene rings is 1. The first kappa shape index (κ1) is 19.0. The van der Waals surface area contributed by atoms with E-state index in [1.54, 1.807) is 36.0 Å². The number of fused-ring (bicyclic) bond motifs is 3. The molecule has 1 N–H and O–H groups in total. The molecule has 0 unspecified atom stereocenters. The Labute approximate surface area is 168 Å². The van der Waals surface area contributed by atoms with Gasteiger partial charge in [-0.1, -0.05) is 39.3 Å². The Bertz CT molecular complexity index is 1010. The van der Waals surface area contributed by atoms with E-state index in [2.05, 4.69) is 41.3 Å². The van der Waals surface area contributed by atoms with E-state index in [0.29, 0.717) is 11.3 Å². The van der Waals surface area contributed by atoms with Gasteiger partial charge >= 0.3 is 0 Å². The molecule has 0 spiro atoms. The quantitative estimate of drug-likeness (QED) is 0.437. The molecular weight excluding hydrogens is 371 g/mol. The summed E-state index contributed by atoms with van der Waals surface area (Å²) in [5, 5.41) is 5.43. The Morgan fingerprint density at radius 3 is 2.82 bits per heavy atom. The molecule has 1 aliphatic carbocycles. The molecule has 1 atom stereocenters. The molecule has 4 rings (SSSR count). The van der Waals surface area contributed by atoms with Gasteiger partial charge in [-0.3, -0.25) is 5.43 Å². The number of nitrogens with zero attached hydrogens (tertiary/aromatic N) is 3. The fourth-order valence-electron chi connectivity index (χ4n) is 3.87. The molecular formula is C22H25FN4S. The van der Waals surface area contributed by atoms with Gasteiger partial charge in [0, 0.05) is 4.88 Å². The minimum absolute atomic E-state index is 0.253. The minimum Gasteiger partial charge on any atom is -0.261 e. The smallest absolute Gasteiger partial charge is 0.158 e. The van der Waals surface area contributed by atoms with Gasteiger partial charge in [-0.25, -0.2) is 14.4 Å². The van der Waals surface area contributed by atoms with Crippen LogP contribution < -0.4 is 5.43 Å². The third-order valence-corrected chi connectivity index (χ3v) is 7.31. The van der Waals surface area contributed by atoms with Gasteiger partial charge in [0.15, 0.2) is 5.82 Å². The van der Waals surface area contributed by atoms with Crippen LogP contribution in [0.3, 0.4) is 0 Å². The normalized spacial score (nSPS) is 17.2. The minimum atomic E-state index is -0.253. The van der Waals surface area contributed by atoms with Crippen LogP contribution in [-0.4, -0.2) is 16.2 Å². The van der Waals surface area contributed by atoms with Gasteiger partial charge in [0.1, 0.15) is 17.0 Å². The van der Waals surface area contributed by atoms with Gasteiger partial charge < -0.3 is 0 Å². The highest BCUT2D eigenvalue weighted by molar-refractivity contribution is 7.19. The Morgan fingerprint density at radius 1 is 1.29 bits per heavy atom. The summed E-state index contributed by atoms with van der Waals surface area (Å²) in [7, 11) is 0. The van der Waals surface area contributed by atoms with Crippen molar-refractivity contribution in [3.8, 4) is 0 Å². The second kappa shape index (κ2) is 7.59. The standard InChI is InChI=1S/C22H25FN4S/c1-4-22(2,3)15-7-10-18-17(11-15)19-20(24-13-25-21(19)28-18)27-26-12-14-5-8-16(23)9-6-14/h5-6,8-9,12-13,15H,4,7,10-11H2,1-3H3,(H,24,25,27)/b26-12-/t15-/m0/s1. The summed E-state index contributed by atoms with van der Waals surface area (Å²) in [5.74, 6) is 1.16. The highest BCUT2D eigenvalue weighted by Gasteiger charge is 2.33. The lowest BCUT2D eigenvalue weighted by Crippen LogP contribution is -2.28. The van der Waals surface area contributed by atoms with Crippen molar-refractivity contribution in [2.75, 3.05) is 5.43 Å². The first-order valence-electron chi connectivity index (χ1n) is 9.78. The molecule has 0 aliphatic heterocycles. The number of halogens is 1. The van der Waals surface area contributed by atoms with Crippen LogP contribution in [-0.2, 0) is 12.8 Å². The molecule has 2 heterocycles. The van der Waals surface area contributed by atoms with E-state index >= 15 is 0 Å². The summed E-state index contributed by atoms with van der Waals surface area (Å²) >= 11 is 1.78. The average Bonchev–Trinajstić information content (AvgIpc) is 3.08. The third-order valence-electron chi connectivity index (χ3n) is 6.11. The Hall–Kier alpha value is -2.34. The predicted molar refractivity (Wildman–Crippen MR) is 115 cm³/mol. The molecule has 0 fully saturated rings. The molecule has 0 radical (unpaired) electrons. The van der Waals surface area contributed by atoms with Crippen molar-refractivity contribution in [2.24, 2.45) is 16.4 Å². The van der Waals surface area contributed by atoms with E-state index in [9.17, 15) is 4.39 Å². The summed E-state index contributed by atoms with van der Waals surface area (Å²) in [5.41, 5.74) is 5.63. The van der Waals surface area contributed by atoms with Gasteiger partial charge in [-0.2, -0.15) is 5.10 Å². The largest absolute Gasteiger partial charge is 0.261 e. The van der Waals surface area contributed by atoms with Crippen molar-refractivity contribution >= 4 is 33.6 Å². The molecule has 3 aromatic rings. The first-order valence-corrected chi connectivity index (χ1v) is 10.6. The van der Waals surface area contributed by atoms with Crippen molar-refractivity contribution in [3.63, 3.8) is 0 Å². The second-order valence-electron chi connectivity index (χ2n) is 8.11. The van der Waals surface area contributed by atoms with Crippen LogP contribution in [0.15, 0.2) is 35.7 Å². The zero-order chi connectivity index (χ0) is 19.7. The maximum absolute atomic E-state index is 13.0. The highest BCUT2D eigenvalue weighted by Crippen LogP contribution is 2.45. The molecule has 0 amide bonds. The molecule has 1 aromatic carbocycles. The summed E-state index contributed by atoms with van der Waals surface area (Å²) in [4.78, 5) is 11.4. The molecule has 28 heavy (non-hydrogen) atoms. The summed E-state index contributed by atoms with van der Waals surface area (Å²) in [6.45, 7) is 7.03. The van der Waals surface area contributed by atoms with E-state index < -0.39 is 0 Å². The van der Waals surface area contributed by atoms with Crippen LogP contribution in [0.2, 0.25) is 0 Å². The van der Waals surface area contributed by atoms with Crippen molar-refractivity contribution in [1.82, 2.24) is 9.97 Å². The number of hydrazone groups is 1. The molecule has 2 aromatic heterocycles. The SMILES string of the molecule is CCC(C)(C)[C@H]1CCc2sc3ncnc(N/N=C\c4ccc(F)cc4)c3c2C1. The van der Waals surface area contributed by atoms with E-state index in [4.69, 9.17) is 0 Å². The second-order valence-corrected chi connectivity index (χ2v) is 9.19. The molecule has 0 saturated carbocycles. The van der Waals surface area contributed by atoms with Gasteiger partial charge in [-0.05, 0) is 53.9 Å². The molecule has 1 aliphatic rings. The Kier molecular flexibility index (Phi) is 5.15. The van der Waals surface area contributed by atoms with Crippen LogP contribution in [0.4, 0.5) is 10.2 Å². The van der Waals surface area contributed by atoms with Crippen LogP contribution in [0, 0.1) is 17.2 Å². The molecule has 0 bridgehead atoms. The molecule has 4 nitrogen and oxygen atoms in total. The zero-order valence-corrected chi connectivity index (χ0v) is 17.3. The number of rotatable bonds is 5. The molecule has 146 valence electrons. The number of anilines is 1. The maximum Gasteiger partial charge on any atom is 0.158 e. The zero-order valence-electron chi connectivity index (χ0n) is 16.5. The maximum atomic E-state index is 13.0. The van der Waals surface area contributed by atoms with Crippen molar-refractivity contribution in [2.45, 2.75) is 46.5 Å². The third kappa shape index (κ3) is 3.65. The molecule has 6 heteroatoms. The van der Waals surface area contributed by atoms with Gasteiger partial charge in [0.25, 0.3) is 0 Å². The van der Waals surface area contributed by atoms with Crippen LogP contribution in [0.25, 0.3) is 10.2 Å². The fraction of sp³-hybridized carbons (Fsp3) is 0.409. The van der Waals surface area contributed by atoms with Crippen molar-refractivity contribution in [1.29, 1.82) is 0 Å². The topological polar surface area (TPSA) is 50.2 Å². The number of hydrogen-bond donors (Lipinski definition) is 1. The Morgan fingerprint density at radius 2 is 2.07 bits per heavy atom. The lowest BCUT2D eigenvalue weighted by Gasteiger charge is -2.36. The van der Waals surface area contributed by atoms with E-state index in [0.717, 1.165) is 34.4 Å². The Balaban J connectivity index is 1.63. The summed E-state index contributed by atoms with van der Waals surface area (Å²) in [6, 6.07) is 6.24. The van der Waals surface area contributed by atoms with E-state index in [-0.39, 0.29) is 5.82 Å². The highest BCUT2D eigenvalue weighted by atomic mass is 32.1. The number of benzene rings is 1. The van der Waals surface area contributed by atoms with Gasteiger partial charge in [0.2, 0.25) is 0 Å². The summed E-state index contributed by atoms with van der Waals surface area (Å²) in [6.07, 6.45) is 7.86. The van der Waals surface area contributed by atoms with Crippen LogP contribution >= 0.6 is 11.3 Å². The van der Waals surface area contributed by atoms with Crippen molar-refractivity contribution < 1.29 is 4.39 Å². The van der Waals surface area contributed by atoms with Crippen LogP contribution in [0.5, 0.6) is 0 Å². The lowest BCUT2D eigenvalue weighted by atomic mass is 9.69. The first-order chi connectivity index (χ1) is 13.5. The van der Waals surface area contributed by atoms with Crippen LogP contribution in [0.1, 0.15) is 49.6 Å². The fourth-order valence-corrected chi connectivity index (χ4v) is 5.05. The number of aromatic nitrogens is 2. The van der Waals surface area contributed by atoms with E-state index in [1.807, 2.05) is 0 Å². The van der Waals surface area contributed by atoms with Crippen molar-refractivity contribution in [3.05, 3.63) is 52.4 Å². The average molecular weight is 397 g/mol. The van der Waals surface area contributed by atoms with E-state index in [1.165, 1.54) is 35.4 Å². The predicted octanol–water partition coefficient (Wildman–Crippen LogP) is 5.82. The van der Waals surface area contributed by atoms with Gasteiger partial charge in [-0.15, -0.1) is 11.3 Å². The lowest BCUT2D eigenvalue weighted by molar-refractivity contribution is 0.184. The number of hydrogen-bond acceptors (Lipinski definition) is 5. The van der Waals surface area contributed by atoms with Gasteiger partial charge in [0.05, 0.1) is 11.6 Å². The number of nitrogens with one attached hydrogen (secondary N) is 1. The number of aryl methyl sites for hydroxylation is 1. The molecule has 0 saturated heterocycles.